The van der Waals surface area contributed by atoms with Gasteiger partial charge in [0.05, 0.1) is 6.61 Å². The molecule has 6 heteroatoms. The van der Waals surface area contributed by atoms with Crippen molar-refractivity contribution >= 4 is 12.3 Å². The predicted molar refractivity (Wildman–Crippen MR) is 49.6 cm³/mol. The fourth-order valence-corrected chi connectivity index (χ4v) is 0.328. The largest absolute Gasteiger partial charge is 0.480 e. The van der Waals surface area contributed by atoms with Gasteiger partial charge in [-0.3, -0.25) is 4.79 Å². The lowest BCUT2D eigenvalue weighted by atomic mass is 10.1. The fourth-order valence-electron chi connectivity index (χ4n) is 0.328. The molecule has 5 N–H and O–H groups in total. The Labute approximate surface area is 82.3 Å². The molecule has 1 unspecified atom stereocenters. The molecule has 0 aromatic rings. The number of carbonyl (C=O) groups is 2. The second kappa shape index (κ2) is 8.61. The van der Waals surface area contributed by atoms with Gasteiger partial charge in [-0.15, -0.1) is 0 Å². The van der Waals surface area contributed by atoms with E-state index in [-0.39, 0.29) is 12.2 Å². The number of hydrogen-bond donors (Lipinski definition) is 4. The van der Waals surface area contributed by atoms with Gasteiger partial charge in [0.2, 0.25) is 0 Å². The molecular formula is C8H17NO5. The zero-order chi connectivity index (χ0) is 11.7. The number of nitrogens with two attached hydrogens (primary N) is 1. The Balaban J connectivity index is 0. The van der Waals surface area contributed by atoms with Crippen molar-refractivity contribution < 1.29 is 24.9 Å². The second-order valence-corrected chi connectivity index (χ2v) is 2.99. The summed E-state index contributed by atoms with van der Waals surface area (Å²) in [5.41, 5.74) is 5.16. The lowest BCUT2D eigenvalue weighted by Gasteiger charge is -2.07. The minimum atomic E-state index is -1.19. The minimum Gasteiger partial charge on any atom is -0.480 e. The number of aliphatic hydroxyl groups is 2. The molecule has 0 aliphatic heterocycles. The molecular weight excluding hydrogens is 190 g/mol. The molecule has 0 fully saturated rings. The Morgan fingerprint density at radius 1 is 1.50 bits per heavy atom. The van der Waals surface area contributed by atoms with E-state index in [1.807, 2.05) is 0 Å². The molecule has 14 heavy (non-hydrogen) atoms. The van der Waals surface area contributed by atoms with Crippen molar-refractivity contribution in [2.24, 2.45) is 11.7 Å². The van der Waals surface area contributed by atoms with Gasteiger partial charge in [0.15, 0.2) is 6.29 Å². The zero-order valence-corrected chi connectivity index (χ0v) is 8.25. The molecule has 0 heterocycles. The van der Waals surface area contributed by atoms with Crippen molar-refractivity contribution in [2.75, 3.05) is 6.61 Å². The molecule has 0 rings (SSSR count). The molecule has 0 aliphatic rings. The van der Waals surface area contributed by atoms with Crippen LogP contribution in [0.15, 0.2) is 0 Å². The molecule has 0 aliphatic carbocycles. The molecule has 2 atom stereocenters. The van der Waals surface area contributed by atoms with Crippen LogP contribution in [-0.2, 0) is 9.59 Å². The van der Waals surface area contributed by atoms with Gasteiger partial charge in [0.25, 0.3) is 0 Å². The Hall–Kier alpha value is -0.980. The molecule has 0 saturated heterocycles. The van der Waals surface area contributed by atoms with E-state index in [4.69, 9.17) is 21.1 Å². The Morgan fingerprint density at radius 2 is 1.93 bits per heavy atom. The van der Waals surface area contributed by atoms with Gasteiger partial charge >= 0.3 is 5.97 Å². The summed E-state index contributed by atoms with van der Waals surface area (Å²) < 4.78 is 0. The van der Waals surface area contributed by atoms with Crippen molar-refractivity contribution in [3.8, 4) is 0 Å². The van der Waals surface area contributed by atoms with E-state index >= 15 is 0 Å². The summed E-state index contributed by atoms with van der Waals surface area (Å²) >= 11 is 0. The van der Waals surface area contributed by atoms with E-state index in [9.17, 15) is 9.59 Å². The Morgan fingerprint density at radius 3 is 1.93 bits per heavy atom. The van der Waals surface area contributed by atoms with Gasteiger partial charge in [-0.2, -0.15) is 0 Å². The van der Waals surface area contributed by atoms with Crippen LogP contribution in [0.2, 0.25) is 0 Å². The highest BCUT2D eigenvalue weighted by atomic mass is 16.4. The molecule has 0 spiro atoms. The van der Waals surface area contributed by atoms with E-state index in [0.717, 1.165) is 0 Å². The van der Waals surface area contributed by atoms with Crippen LogP contribution < -0.4 is 5.73 Å². The number of rotatable bonds is 4. The lowest BCUT2D eigenvalue weighted by molar-refractivity contribution is -0.139. The van der Waals surface area contributed by atoms with Crippen molar-refractivity contribution in [2.45, 2.75) is 26.0 Å². The molecule has 0 amide bonds. The van der Waals surface area contributed by atoms with Gasteiger partial charge < -0.3 is 25.8 Å². The summed E-state index contributed by atoms with van der Waals surface area (Å²) in [6, 6.07) is -0.713. The van der Waals surface area contributed by atoms with Crippen molar-refractivity contribution in [3.63, 3.8) is 0 Å². The number of carboxylic acid groups (broad SMARTS) is 1. The Kier molecular flexibility index (Phi) is 9.53. The average molecular weight is 207 g/mol. The maximum atomic E-state index is 10.0. The molecule has 0 aromatic carbocycles. The molecule has 0 aromatic heterocycles. The number of carboxylic acids is 1. The second-order valence-electron chi connectivity index (χ2n) is 2.99. The Bertz CT molecular complexity index is 171. The van der Waals surface area contributed by atoms with E-state index in [1.54, 1.807) is 13.8 Å². The van der Waals surface area contributed by atoms with Crippen molar-refractivity contribution in [3.05, 3.63) is 0 Å². The molecule has 6 nitrogen and oxygen atoms in total. The SMILES string of the molecule is CC(C)[C@H](N)C(=O)O.O=CC(O)CO. The topological polar surface area (TPSA) is 121 Å². The summed E-state index contributed by atoms with van der Waals surface area (Å²) in [4.78, 5) is 19.3. The first-order chi connectivity index (χ1) is 6.36. The molecule has 84 valence electrons. The summed E-state index contributed by atoms with van der Waals surface area (Å²) in [5, 5.41) is 24.1. The van der Waals surface area contributed by atoms with E-state index in [1.165, 1.54) is 0 Å². The first kappa shape index (κ1) is 15.5. The van der Waals surface area contributed by atoms with E-state index in [2.05, 4.69) is 0 Å². The summed E-state index contributed by atoms with van der Waals surface area (Å²) in [6.07, 6.45) is -0.912. The minimum absolute atomic E-state index is 0.0208. The zero-order valence-electron chi connectivity index (χ0n) is 8.25. The first-order valence-electron chi connectivity index (χ1n) is 4.09. The highest BCUT2D eigenvalue weighted by Crippen LogP contribution is 1.96. The van der Waals surface area contributed by atoms with Gasteiger partial charge in [-0.25, -0.2) is 0 Å². The van der Waals surface area contributed by atoms with Crippen LogP contribution in [0.1, 0.15) is 13.8 Å². The van der Waals surface area contributed by atoms with Crippen LogP contribution in [0.4, 0.5) is 0 Å². The van der Waals surface area contributed by atoms with Gasteiger partial charge in [-0.1, -0.05) is 13.8 Å². The number of aliphatic carboxylic acids is 1. The maximum Gasteiger partial charge on any atom is 0.320 e. The summed E-state index contributed by atoms with van der Waals surface area (Å²) in [5.74, 6) is -0.910. The first-order valence-corrected chi connectivity index (χ1v) is 4.09. The third kappa shape index (κ3) is 9.11. The van der Waals surface area contributed by atoms with Crippen LogP contribution in [0, 0.1) is 5.92 Å². The molecule has 0 radical (unpaired) electrons. The van der Waals surface area contributed by atoms with Crippen LogP contribution in [-0.4, -0.2) is 46.3 Å². The predicted octanol–water partition coefficient (Wildman–Crippen LogP) is -1.41. The standard InChI is InChI=1S/C5H11NO2.C3H6O3/c1-3(2)4(6)5(7)8;4-1-3(6)2-5/h3-4H,6H2,1-2H3,(H,7,8);1,3,5-6H,2H2/t4-;/m0./s1. The average Bonchev–Trinajstić information content (AvgIpc) is 2.15. The fraction of sp³-hybridized carbons (Fsp3) is 0.750. The molecule has 0 bridgehead atoms. The monoisotopic (exact) mass is 207 g/mol. The van der Waals surface area contributed by atoms with Crippen LogP contribution in [0.25, 0.3) is 0 Å². The number of hydrogen-bond acceptors (Lipinski definition) is 5. The summed E-state index contributed by atoms with van der Waals surface area (Å²) in [7, 11) is 0. The van der Waals surface area contributed by atoms with E-state index in [0.29, 0.717) is 0 Å². The third-order valence-corrected chi connectivity index (χ3v) is 1.35. The highest BCUT2D eigenvalue weighted by molar-refractivity contribution is 5.73. The molecule has 0 saturated carbocycles. The quantitative estimate of drug-likeness (QED) is 0.420. The number of aliphatic hydroxyl groups excluding tert-OH is 2. The number of aldehydes is 1. The maximum absolute atomic E-state index is 10.0. The summed E-state index contributed by atoms with van der Waals surface area (Å²) in [6.45, 7) is 3.07. The van der Waals surface area contributed by atoms with Crippen LogP contribution in [0.5, 0.6) is 0 Å². The highest BCUT2D eigenvalue weighted by Gasteiger charge is 2.14. The normalized spacial score (nSPS) is 13.9. The van der Waals surface area contributed by atoms with Crippen LogP contribution >= 0.6 is 0 Å². The van der Waals surface area contributed by atoms with Crippen LogP contribution in [0.3, 0.4) is 0 Å². The number of carbonyl (C=O) groups excluding carboxylic acids is 1. The third-order valence-electron chi connectivity index (χ3n) is 1.35. The van der Waals surface area contributed by atoms with Crippen molar-refractivity contribution in [1.29, 1.82) is 0 Å². The smallest absolute Gasteiger partial charge is 0.320 e. The van der Waals surface area contributed by atoms with Gasteiger partial charge in [-0.05, 0) is 5.92 Å². The van der Waals surface area contributed by atoms with Crippen molar-refractivity contribution in [1.82, 2.24) is 0 Å². The lowest BCUT2D eigenvalue weighted by Crippen LogP contribution is -2.34. The van der Waals surface area contributed by atoms with E-state index < -0.39 is 24.7 Å². The van der Waals surface area contributed by atoms with Gasteiger partial charge in [0, 0.05) is 0 Å². The van der Waals surface area contributed by atoms with Gasteiger partial charge in [0.1, 0.15) is 12.1 Å².